The van der Waals surface area contributed by atoms with Crippen molar-refractivity contribution < 1.29 is 19.2 Å². The average Bonchev–Trinajstić information content (AvgIpc) is 2.59. The molecule has 134 valence electrons. The molecule has 1 heterocycles. The number of unbranched alkanes of at least 4 members (excludes halogenated alkanes) is 2. The lowest BCUT2D eigenvalue weighted by Gasteiger charge is -2.19. The van der Waals surface area contributed by atoms with E-state index >= 15 is 0 Å². The Morgan fingerprint density at radius 2 is 2.25 bits per heavy atom. The molecule has 0 radical (unpaired) electrons. The Labute approximate surface area is 139 Å². The molecule has 1 atom stereocenters. The highest BCUT2D eigenvalue weighted by Crippen LogP contribution is 2.13. The van der Waals surface area contributed by atoms with Crippen molar-refractivity contribution in [2.45, 2.75) is 32.6 Å². The zero-order chi connectivity index (χ0) is 17.9. The molecule has 10 heteroatoms. The smallest absolute Gasteiger partial charge is 0.243 e. The predicted molar refractivity (Wildman–Crippen MR) is 85.5 cm³/mol. The first kappa shape index (κ1) is 19.6. The van der Waals surface area contributed by atoms with E-state index in [1.807, 2.05) is 6.92 Å². The van der Waals surface area contributed by atoms with Crippen LogP contribution in [0.25, 0.3) is 0 Å². The number of hydrogen-bond donors (Lipinski definition) is 4. The lowest BCUT2D eigenvalue weighted by Crippen LogP contribution is -2.40. The Kier molecular flexibility index (Phi) is 8.41. The summed E-state index contributed by atoms with van der Waals surface area (Å²) in [5.41, 5.74) is 4.90. The van der Waals surface area contributed by atoms with E-state index in [0.29, 0.717) is 11.5 Å². The maximum atomic E-state index is 13.3. The molecule has 2 amide bonds. The van der Waals surface area contributed by atoms with Crippen LogP contribution in [-0.4, -0.2) is 46.1 Å². The molecule has 1 unspecified atom stereocenters. The SMILES string of the molecule is CCCCCC(CN(O)C=O)C(=O)NNc1ncc(F)c(NC)n1. The van der Waals surface area contributed by atoms with Gasteiger partial charge in [-0.1, -0.05) is 26.2 Å². The minimum atomic E-state index is -0.617. The van der Waals surface area contributed by atoms with E-state index in [-0.39, 0.29) is 24.7 Å². The van der Waals surface area contributed by atoms with E-state index in [2.05, 4.69) is 26.1 Å². The largest absolute Gasteiger partial charge is 0.371 e. The number of carbonyl (C=O) groups excluding carboxylic acids is 2. The van der Waals surface area contributed by atoms with Crippen LogP contribution >= 0.6 is 0 Å². The van der Waals surface area contributed by atoms with Crippen LogP contribution in [0.4, 0.5) is 16.2 Å². The standard InChI is InChI=1S/C14H23FN6O3/c1-3-4-5-6-10(8-21(24)9-22)13(23)19-20-14-17-7-11(15)12(16-2)18-14/h7,9-10,24H,3-6,8H2,1-2H3,(H,19,23)(H2,16,17,18,20). The summed E-state index contributed by atoms with van der Waals surface area (Å²) in [5.74, 6) is -1.63. The van der Waals surface area contributed by atoms with Crippen LogP contribution in [0.2, 0.25) is 0 Å². The summed E-state index contributed by atoms with van der Waals surface area (Å²) in [5, 5.41) is 12.3. The monoisotopic (exact) mass is 342 g/mol. The Bertz CT molecular complexity index is 545. The van der Waals surface area contributed by atoms with E-state index in [4.69, 9.17) is 0 Å². The molecule has 1 aromatic rings. The van der Waals surface area contributed by atoms with Gasteiger partial charge in [0.25, 0.3) is 0 Å². The molecule has 24 heavy (non-hydrogen) atoms. The number of carbonyl (C=O) groups is 2. The molecule has 0 saturated carbocycles. The van der Waals surface area contributed by atoms with Gasteiger partial charge in [0.15, 0.2) is 11.6 Å². The molecule has 0 spiro atoms. The van der Waals surface area contributed by atoms with E-state index < -0.39 is 17.6 Å². The topological polar surface area (TPSA) is 119 Å². The second kappa shape index (κ2) is 10.3. The number of anilines is 2. The van der Waals surface area contributed by atoms with Crippen LogP contribution in [0.15, 0.2) is 6.20 Å². The number of hydrogen-bond acceptors (Lipinski definition) is 7. The molecule has 1 rings (SSSR count). The molecule has 0 saturated heterocycles. The number of nitrogens with zero attached hydrogens (tertiary/aromatic N) is 3. The second-order valence-electron chi connectivity index (χ2n) is 5.17. The quantitative estimate of drug-likeness (QED) is 0.206. The van der Waals surface area contributed by atoms with Gasteiger partial charge in [-0.2, -0.15) is 4.98 Å². The van der Waals surface area contributed by atoms with Crippen molar-refractivity contribution in [1.82, 2.24) is 20.5 Å². The lowest BCUT2D eigenvalue weighted by molar-refractivity contribution is -0.154. The average molecular weight is 342 g/mol. The Hall–Kier alpha value is -2.49. The van der Waals surface area contributed by atoms with E-state index in [1.165, 1.54) is 7.05 Å². The summed E-state index contributed by atoms with van der Waals surface area (Å²) in [6.07, 6.45) is 4.44. The van der Waals surface area contributed by atoms with Crippen LogP contribution in [0.1, 0.15) is 32.6 Å². The van der Waals surface area contributed by atoms with Gasteiger partial charge in [-0.05, 0) is 6.42 Å². The number of hydrazine groups is 1. The first-order valence-electron chi connectivity index (χ1n) is 7.68. The highest BCUT2D eigenvalue weighted by Gasteiger charge is 2.20. The molecule has 0 bridgehead atoms. The van der Waals surface area contributed by atoms with Crippen LogP contribution < -0.4 is 16.2 Å². The van der Waals surface area contributed by atoms with Gasteiger partial charge in [0.05, 0.1) is 18.7 Å². The third-order valence-corrected chi connectivity index (χ3v) is 3.33. The van der Waals surface area contributed by atoms with Crippen molar-refractivity contribution in [1.29, 1.82) is 0 Å². The molecule has 0 aliphatic rings. The summed E-state index contributed by atoms with van der Waals surface area (Å²) in [7, 11) is 1.51. The number of nitrogens with one attached hydrogen (secondary N) is 3. The van der Waals surface area contributed by atoms with Gasteiger partial charge in [0, 0.05) is 7.05 Å². The fourth-order valence-corrected chi connectivity index (χ4v) is 2.04. The van der Waals surface area contributed by atoms with Crippen molar-refractivity contribution in [2.75, 3.05) is 24.3 Å². The van der Waals surface area contributed by atoms with Gasteiger partial charge >= 0.3 is 0 Å². The van der Waals surface area contributed by atoms with E-state index in [9.17, 15) is 19.2 Å². The molecule has 4 N–H and O–H groups in total. The van der Waals surface area contributed by atoms with E-state index in [1.54, 1.807) is 0 Å². The van der Waals surface area contributed by atoms with Crippen molar-refractivity contribution in [3.63, 3.8) is 0 Å². The first-order valence-corrected chi connectivity index (χ1v) is 7.68. The van der Waals surface area contributed by atoms with Gasteiger partial charge in [-0.25, -0.2) is 14.4 Å². The zero-order valence-electron chi connectivity index (χ0n) is 13.8. The highest BCUT2D eigenvalue weighted by molar-refractivity contribution is 5.80. The lowest BCUT2D eigenvalue weighted by atomic mass is 10.0. The Morgan fingerprint density at radius 3 is 2.88 bits per heavy atom. The van der Waals surface area contributed by atoms with Crippen LogP contribution in [0.5, 0.6) is 0 Å². The minimum absolute atomic E-state index is 0.0104. The van der Waals surface area contributed by atoms with Gasteiger partial charge in [-0.15, -0.1) is 0 Å². The molecular formula is C14H23FN6O3. The summed E-state index contributed by atoms with van der Waals surface area (Å²) in [6, 6.07) is 0. The molecule has 0 aliphatic heterocycles. The molecule has 9 nitrogen and oxygen atoms in total. The van der Waals surface area contributed by atoms with Crippen molar-refractivity contribution in [3.05, 3.63) is 12.0 Å². The summed E-state index contributed by atoms with van der Waals surface area (Å²) in [6.45, 7) is 1.92. The summed E-state index contributed by atoms with van der Waals surface area (Å²) < 4.78 is 13.3. The van der Waals surface area contributed by atoms with E-state index in [0.717, 1.165) is 25.5 Å². The van der Waals surface area contributed by atoms with Gasteiger partial charge in [-0.3, -0.25) is 25.6 Å². The number of aromatic nitrogens is 2. The molecule has 0 aromatic carbocycles. The van der Waals surface area contributed by atoms with Gasteiger partial charge in [0.2, 0.25) is 18.3 Å². The van der Waals surface area contributed by atoms with Crippen LogP contribution in [0, 0.1) is 11.7 Å². The van der Waals surface area contributed by atoms with Crippen molar-refractivity contribution >= 4 is 24.1 Å². The Balaban J connectivity index is 2.63. The molecule has 0 aliphatic carbocycles. The highest BCUT2D eigenvalue weighted by atomic mass is 19.1. The molecule has 1 aromatic heterocycles. The first-order chi connectivity index (χ1) is 11.5. The van der Waals surface area contributed by atoms with Gasteiger partial charge < -0.3 is 5.32 Å². The maximum absolute atomic E-state index is 13.3. The number of rotatable bonds is 11. The van der Waals surface area contributed by atoms with Crippen LogP contribution in [-0.2, 0) is 9.59 Å². The maximum Gasteiger partial charge on any atom is 0.243 e. The van der Waals surface area contributed by atoms with Crippen molar-refractivity contribution in [2.24, 2.45) is 5.92 Å². The number of amides is 2. The van der Waals surface area contributed by atoms with Gasteiger partial charge in [0.1, 0.15) is 0 Å². The van der Waals surface area contributed by atoms with Crippen molar-refractivity contribution in [3.8, 4) is 0 Å². The summed E-state index contributed by atoms with van der Waals surface area (Å²) in [4.78, 5) is 30.3. The summed E-state index contributed by atoms with van der Waals surface area (Å²) >= 11 is 0. The fourth-order valence-electron chi connectivity index (χ4n) is 2.04. The van der Waals surface area contributed by atoms with Crippen LogP contribution in [0.3, 0.4) is 0 Å². The Morgan fingerprint density at radius 1 is 1.50 bits per heavy atom. The predicted octanol–water partition coefficient (Wildman–Crippen LogP) is 1.14. The minimum Gasteiger partial charge on any atom is -0.371 e. The third kappa shape index (κ3) is 6.32. The third-order valence-electron chi connectivity index (χ3n) is 3.33. The fraction of sp³-hybridized carbons (Fsp3) is 0.571. The normalized spacial score (nSPS) is 11.5. The number of hydroxylamine groups is 2. The zero-order valence-corrected chi connectivity index (χ0v) is 13.8. The second-order valence-corrected chi connectivity index (χ2v) is 5.17. The molecular weight excluding hydrogens is 319 g/mol. The molecule has 0 fully saturated rings. The number of halogens is 1.